The maximum absolute atomic E-state index is 12.6. The number of carbonyl (C=O) groups excluding carboxylic acids is 1. The summed E-state index contributed by atoms with van der Waals surface area (Å²) < 4.78 is 6.95. The van der Waals surface area contributed by atoms with Crippen LogP contribution in [-0.2, 0) is 6.42 Å². The first-order valence-corrected chi connectivity index (χ1v) is 10.0. The van der Waals surface area contributed by atoms with Crippen LogP contribution >= 0.6 is 11.3 Å². The van der Waals surface area contributed by atoms with Crippen molar-refractivity contribution in [1.82, 2.24) is 15.2 Å². The molecule has 1 N–H and O–H groups in total. The van der Waals surface area contributed by atoms with Gasteiger partial charge in [0, 0.05) is 19.5 Å². The van der Waals surface area contributed by atoms with Gasteiger partial charge in [-0.3, -0.25) is 0 Å². The molecule has 1 aromatic heterocycles. The van der Waals surface area contributed by atoms with Gasteiger partial charge in [0.05, 0.1) is 22.9 Å². The molecule has 3 aromatic rings. The Labute approximate surface area is 163 Å². The monoisotopic (exact) mass is 381 g/mol. The molecular weight excluding hydrogens is 358 g/mol. The van der Waals surface area contributed by atoms with E-state index in [-0.39, 0.29) is 18.0 Å². The van der Waals surface area contributed by atoms with E-state index in [1.165, 1.54) is 5.56 Å². The van der Waals surface area contributed by atoms with Crippen molar-refractivity contribution in [2.24, 2.45) is 5.92 Å². The van der Waals surface area contributed by atoms with E-state index in [0.717, 1.165) is 27.4 Å². The summed E-state index contributed by atoms with van der Waals surface area (Å²) in [5.74, 6) is 1.25. The predicted molar refractivity (Wildman–Crippen MR) is 108 cm³/mol. The second-order valence-electron chi connectivity index (χ2n) is 6.98. The molecule has 1 aliphatic heterocycles. The number of benzene rings is 2. The number of rotatable bonds is 4. The fourth-order valence-electron chi connectivity index (χ4n) is 3.29. The smallest absolute Gasteiger partial charge is 0.317 e. The average Bonchev–Trinajstić information content (AvgIpc) is 3.15. The van der Waals surface area contributed by atoms with Gasteiger partial charge in [-0.25, -0.2) is 9.78 Å². The van der Waals surface area contributed by atoms with Crippen molar-refractivity contribution in [3.05, 3.63) is 59.1 Å². The Bertz CT molecular complexity index is 922. The first-order valence-electron chi connectivity index (χ1n) is 9.18. The van der Waals surface area contributed by atoms with Crippen molar-refractivity contribution in [3.63, 3.8) is 0 Å². The third-order valence-electron chi connectivity index (χ3n) is 5.07. The average molecular weight is 382 g/mol. The number of carbonyl (C=O) groups is 1. The lowest BCUT2D eigenvalue weighted by Crippen LogP contribution is -2.42. The Hall–Kier alpha value is -2.60. The quantitative estimate of drug-likeness (QED) is 0.735. The van der Waals surface area contributed by atoms with Gasteiger partial charge in [0.1, 0.15) is 10.8 Å². The molecule has 0 saturated carbocycles. The van der Waals surface area contributed by atoms with Crippen LogP contribution < -0.4 is 10.1 Å². The summed E-state index contributed by atoms with van der Waals surface area (Å²) in [5.41, 5.74) is 2.19. The fraction of sp³-hybridized carbons (Fsp3) is 0.333. The van der Waals surface area contributed by atoms with Crippen LogP contribution in [0.4, 0.5) is 4.79 Å². The highest BCUT2D eigenvalue weighted by Gasteiger charge is 2.23. The zero-order valence-corrected chi connectivity index (χ0v) is 16.3. The largest absolute Gasteiger partial charge is 0.493 e. The summed E-state index contributed by atoms with van der Waals surface area (Å²) in [6.45, 7) is 3.25. The van der Waals surface area contributed by atoms with Gasteiger partial charge in [0.25, 0.3) is 0 Å². The Morgan fingerprint density at radius 3 is 2.93 bits per heavy atom. The molecule has 0 saturated heterocycles. The number of fused-ring (bicyclic) bond motifs is 2. The molecular formula is C21H23N3O2S. The predicted octanol–water partition coefficient (Wildman–Crippen LogP) is 4.25. The maximum Gasteiger partial charge on any atom is 0.317 e. The lowest BCUT2D eigenvalue weighted by molar-refractivity contribution is 0.183. The molecule has 0 bridgehead atoms. The summed E-state index contributed by atoms with van der Waals surface area (Å²) in [6, 6.07) is 16.0. The lowest BCUT2D eigenvalue weighted by atomic mass is 9.97. The summed E-state index contributed by atoms with van der Waals surface area (Å²) >= 11 is 1.64. The molecule has 2 atom stereocenters. The molecule has 6 heteroatoms. The third kappa shape index (κ3) is 3.76. The van der Waals surface area contributed by atoms with Gasteiger partial charge in [0.2, 0.25) is 0 Å². The van der Waals surface area contributed by atoms with Crippen LogP contribution in [0.3, 0.4) is 0 Å². The van der Waals surface area contributed by atoms with Gasteiger partial charge < -0.3 is 15.0 Å². The van der Waals surface area contributed by atoms with Crippen LogP contribution in [0.2, 0.25) is 0 Å². The van der Waals surface area contributed by atoms with E-state index in [0.29, 0.717) is 13.2 Å². The number of amides is 2. The van der Waals surface area contributed by atoms with Gasteiger partial charge >= 0.3 is 6.03 Å². The highest BCUT2D eigenvalue weighted by Crippen LogP contribution is 2.29. The van der Waals surface area contributed by atoms with Crippen LogP contribution in [0, 0.1) is 5.92 Å². The second-order valence-corrected chi connectivity index (χ2v) is 8.04. The number of hydrogen-bond donors (Lipinski definition) is 1. The number of nitrogens with zero attached hydrogens (tertiary/aromatic N) is 2. The second kappa shape index (κ2) is 7.56. The number of ether oxygens (including phenoxy) is 1. The molecule has 2 amide bonds. The Kier molecular flexibility index (Phi) is 4.99. The molecule has 140 valence electrons. The number of para-hydroxylation sites is 2. The van der Waals surface area contributed by atoms with Gasteiger partial charge in [-0.2, -0.15) is 0 Å². The van der Waals surface area contributed by atoms with Gasteiger partial charge in [0.15, 0.2) is 0 Å². The SMILES string of the molecule is C[C@@H](c1nc2ccccc2s1)N(C)C(=O)NC[C@@H]1COc2ccccc2C1. The Morgan fingerprint density at radius 2 is 2.07 bits per heavy atom. The molecule has 0 spiro atoms. The fourth-order valence-corrected chi connectivity index (χ4v) is 4.35. The van der Waals surface area contributed by atoms with Crippen LogP contribution in [0.5, 0.6) is 5.75 Å². The third-order valence-corrected chi connectivity index (χ3v) is 6.27. The van der Waals surface area contributed by atoms with Crippen LogP contribution in [0.1, 0.15) is 23.5 Å². The zero-order chi connectivity index (χ0) is 18.8. The molecule has 4 rings (SSSR count). The Balaban J connectivity index is 1.35. The highest BCUT2D eigenvalue weighted by molar-refractivity contribution is 7.18. The number of hydrogen-bond acceptors (Lipinski definition) is 4. The molecule has 2 aromatic carbocycles. The van der Waals surface area contributed by atoms with E-state index >= 15 is 0 Å². The summed E-state index contributed by atoms with van der Waals surface area (Å²) in [5, 5.41) is 4.00. The minimum atomic E-state index is -0.0828. The number of aromatic nitrogens is 1. The normalized spacial score (nSPS) is 17.0. The minimum absolute atomic E-state index is 0.0780. The maximum atomic E-state index is 12.6. The van der Waals surface area contributed by atoms with E-state index < -0.39 is 0 Å². The summed E-state index contributed by atoms with van der Waals surface area (Å²) in [4.78, 5) is 19.0. The number of thiazole rings is 1. The van der Waals surface area contributed by atoms with Crippen molar-refractivity contribution in [1.29, 1.82) is 0 Å². The van der Waals surface area contributed by atoms with E-state index in [9.17, 15) is 4.79 Å². The number of nitrogens with one attached hydrogen (secondary N) is 1. The van der Waals surface area contributed by atoms with Gasteiger partial charge in [-0.15, -0.1) is 11.3 Å². The van der Waals surface area contributed by atoms with Crippen molar-refractivity contribution < 1.29 is 9.53 Å². The van der Waals surface area contributed by atoms with Crippen molar-refractivity contribution in [2.75, 3.05) is 20.2 Å². The van der Waals surface area contributed by atoms with Crippen LogP contribution in [0.25, 0.3) is 10.2 Å². The molecule has 1 aliphatic rings. The topological polar surface area (TPSA) is 54.5 Å². The van der Waals surface area contributed by atoms with Crippen LogP contribution in [0.15, 0.2) is 48.5 Å². The molecule has 0 unspecified atom stereocenters. The van der Waals surface area contributed by atoms with E-state index in [1.54, 1.807) is 16.2 Å². The van der Waals surface area contributed by atoms with E-state index in [2.05, 4.69) is 22.4 Å². The molecule has 0 fully saturated rings. The van der Waals surface area contributed by atoms with Crippen LogP contribution in [-0.4, -0.2) is 36.1 Å². The highest BCUT2D eigenvalue weighted by atomic mass is 32.1. The van der Waals surface area contributed by atoms with Crippen molar-refractivity contribution >= 4 is 27.6 Å². The zero-order valence-electron chi connectivity index (χ0n) is 15.5. The molecule has 0 aliphatic carbocycles. The minimum Gasteiger partial charge on any atom is -0.493 e. The summed E-state index contributed by atoms with van der Waals surface area (Å²) in [6.07, 6.45) is 0.924. The lowest BCUT2D eigenvalue weighted by Gasteiger charge is -2.28. The molecule has 2 heterocycles. The molecule has 5 nitrogen and oxygen atoms in total. The van der Waals surface area contributed by atoms with Gasteiger partial charge in [-0.1, -0.05) is 30.3 Å². The molecule has 0 radical (unpaired) electrons. The first-order chi connectivity index (χ1) is 13.1. The van der Waals surface area contributed by atoms with E-state index in [1.807, 2.05) is 50.4 Å². The number of urea groups is 1. The van der Waals surface area contributed by atoms with Gasteiger partial charge in [-0.05, 0) is 37.1 Å². The van der Waals surface area contributed by atoms with E-state index in [4.69, 9.17) is 4.74 Å². The molecule has 27 heavy (non-hydrogen) atoms. The standard InChI is InChI=1S/C21H23N3O2S/c1-14(20-23-17-8-4-6-10-19(17)27-20)24(2)21(25)22-12-15-11-16-7-3-5-9-18(16)26-13-15/h3-10,14-15H,11-13H2,1-2H3,(H,22,25)/t14-,15+/m0/s1. The summed E-state index contributed by atoms with van der Waals surface area (Å²) in [7, 11) is 1.82. The van der Waals surface area contributed by atoms with Crippen molar-refractivity contribution in [2.45, 2.75) is 19.4 Å². The van der Waals surface area contributed by atoms with Crippen molar-refractivity contribution in [3.8, 4) is 5.75 Å². The first kappa shape index (κ1) is 17.8. The Morgan fingerprint density at radius 1 is 1.30 bits per heavy atom.